The van der Waals surface area contributed by atoms with Crippen molar-refractivity contribution in [3.63, 3.8) is 0 Å². The molecule has 10 heteroatoms. The second kappa shape index (κ2) is 15.4. The van der Waals surface area contributed by atoms with E-state index in [1.807, 2.05) is 44.2 Å². The fourth-order valence-corrected chi connectivity index (χ4v) is 6.89. The largest absolute Gasteiger partial charge is 0.354 e. The summed E-state index contributed by atoms with van der Waals surface area (Å²) in [7, 11) is -4.19. The highest BCUT2D eigenvalue weighted by atomic mass is 35.5. The molecule has 0 aliphatic carbocycles. The number of para-hydroxylation sites is 1. The van der Waals surface area contributed by atoms with Gasteiger partial charge in [-0.1, -0.05) is 102 Å². The normalized spacial score (nSPS) is 11.9. The smallest absolute Gasteiger partial charge is 0.264 e. The molecule has 4 aromatic rings. The van der Waals surface area contributed by atoms with Crippen LogP contribution >= 0.6 is 23.2 Å². The lowest BCUT2D eigenvalue weighted by molar-refractivity contribution is -0.140. The number of carbonyl (C=O) groups excluding carboxylic acids is 2. The van der Waals surface area contributed by atoms with Crippen LogP contribution in [0.15, 0.2) is 102 Å². The molecule has 0 bridgehead atoms. The lowest BCUT2D eigenvalue weighted by Crippen LogP contribution is -2.53. The van der Waals surface area contributed by atoms with Crippen molar-refractivity contribution in [2.24, 2.45) is 0 Å². The molecule has 0 aliphatic rings. The Morgan fingerprint density at radius 2 is 1.53 bits per heavy atom. The van der Waals surface area contributed by atoms with Crippen LogP contribution in [0.4, 0.5) is 5.69 Å². The van der Waals surface area contributed by atoms with Gasteiger partial charge in [0.2, 0.25) is 11.8 Å². The van der Waals surface area contributed by atoms with Crippen molar-refractivity contribution in [1.29, 1.82) is 0 Å². The van der Waals surface area contributed by atoms with E-state index in [9.17, 15) is 18.0 Å². The summed E-state index contributed by atoms with van der Waals surface area (Å²) >= 11 is 12.7. The fourth-order valence-electron chi connectivity index (χ4n) is 4.95. The molecule has 0 aliphatic heterocycles. The van der Waals surface area contributed by atoms with Gasteiger partial charge in [0.15, 0.2) is 0 Å². The van der Waals surface area contributed by atoms with Crippen molar-refractivity contribution < 1.29 is 18.0 Å². The Morgan fingerprint density at radius 3 is 2.18 bits per heavy atom. The molecule has 0 saturated heterocycles. The third kappa shape index (κ3) is 8.66. The van der Waals surface area contributed by atoms with Crippen LogP contribution in [-0.2, 0) is 32.6 Å². The zero-order valence-corrected chi connectivity index (χ0v) is 27.9. The highest BCUT2D eigenvalue weighted by Crippen LogP contribution is 2.29. The average molecular weight is 667 g/mol. The number of hydrogen-bond acceptors (Lipinski definition) is 4. The third-order valence-electron chi connectivity index (χ3n) is 7.45. The second-order valence-corrected chi connectivity index (χ2v) is 13.6. The van der Waals surface area contributed by atoms with Crippen LogP contribution in [0.3, 0.4) is 0 Å². The topological polar surface area (TPSA) is 86.8 Å². The first-order valence-electron chi connectivity index (χ1n) is 14.7. The summed E-state index contributed by atoms with van der Waals surface area (Å²) < 4.78 is 29.5. The van der Waals surface area contributed by atoms with Gasteiger partial charge in [-0.25, -0.2) is 8.42 Å². The molecule has 236 valence electrons. The van der Waals surface area contributed by atoms with Crippen molar-refractivity contribution in [3.8, 4) is 0 Å². The SMILES string of the molecule is CCCNC(=O)C(Cc1ccccc1)N(Cc1ccc(Cl)cc1Cl)C(=O)CN(c1ccccc1C)S(=O)(=O)c1ccc(C)cc1. The predicted molar refractivity (Wildman–Crippen MR) is 181 cm³/mol. The molecule has 7 nitrogen and oxygen atoms in total. The number of nitrogens with zero attached hydrogens (tertiary/aromatic N) is 2. The highest BCUT2D eigenvalue weighted by molar-refractivity contribution is 7.92. The summed E-state index contributed by atoms with van der Waals surface area (Å²) in [5.74, 6) is -0.907. The van der Waals surface area contributed by atoms with Gasteiger partial charge in [-0.15, -0.1) is 0 Å². The van der Waals surface area contributed by atoms with Crippen LogP contribution in [0, 0.1) is 13.8 Å². The molecule has 0 fully saturated rings. The molecule has 0 aromatic heterocycles. The summed E-state index contributed by atoms with van der Waals surface area (Å²) in [5, 5.41) is 3.69. The summed E-state index contributed by atoms with van der Waals surface area (Å²) in [6, 6.07) is 26.9. The molecule has 1 unspecified atom stereocenters. The Kier molecular flexibility index (Phi) is 11.7. The van der Waals surface area contributed by atoms with Gasteiger partial charge < -0.3 is 10.2 Å². The summed E-state index contributed by atoms with van der Waals surface area (Å²) in [5.41, 5.74) is 3.36. The Labute approximate surface area is 275 Å². The minimum Gasteiger partial charge on any atom is -0.354 e. The van der Waals surface area contributed by atoms with E-state index in [2.05, 4.69) is 5.32 Å². The molecule has 1 N–H and O–H groups in total. The molecule has 0 radical (unpaired) electrons. The monoisotopic (exact) mass is 665 g/mol. The first kappa shape index (κ1) is 34.0. The van der Waals surface area contributed by atoms with Gasteiger partial charge in [-0.05, 0) is 67.3 Å². The molecule has 0 heterocycles. The number of nitrogens with one attached hydrogen (secondary N) is 1. The van der Waals surface area contributed by atoms with Crippen LogP contribution < -0.4 is 9.62 Å². The van der Waals surface area contributed by atoms with Crippen LogP contribution in [0.1, 0.15) is 35.6 Å². The second-order valence-electron chi connectivity index (χ2n) is 10.9. The molecule has 0 spiro atoms. The molecular formula is C35H37Cl2N3O4S. The van der Waals surface area contributed by atoms with Crippen molar-refractivity contribution >= 4 is 50.7 Å². The quantitative estimate of drug-likeness (QED) is 0.167. The first-order valence-corrected chi connectivity index (χ1v) is 16.9. The van der Waals surface area contributed by atoms with Gasteiger partial charge in [0.25, 0.3) is 10.0 Å². The van der Waals surface area contributed by atoms with Crippen LogP contribution in [0.5, 0.6) is 0 Å². The molecule has 2 amide bonds. The minimum atomic E-state index is -4.19. The summed E-state index contributed by atoms with van der Waals surface area (Å²) in [6.07, 6.45) is 0.916. The van der Waals surface area contributed by atoms with Gasteiger partial charge in [0.1, 0.15) is 12.6 Å². The average Bonchev–Trinajstić information content (AvgIpc) is 3.02. The molecular weight excluding hydrogens is 629 g/mol. The third-order valence-corrected chi connectivity index (χ3v) is 9.81. The number of carbonyl (C=O) groups is 2. The molecule has 45 heavy (non-hydrogen) atoms. The van der Waals surface area contributed by atoms with Crippen LogP contribution in [0.2, 0.25) is 10.0 Å². The summed E-state index contributed by atoms with van der Waals surface area (Å²) in [4.78, 5) is 29.8. The van der Waals surface area contributed by atoms with Crippen LogP contribution in [0.25, 0.3) is 0 Å². The van der Waals surface area contributed by atoms with Crippen molar-refractivity contribution in [2.45, 2.75) is 51.1 Å². The van der Waals surface area contributed by atoms with Gasteiger partial charge >= 0.3 is 0 Å². The zero-order chi connectivity index (χ0) is 32.6. The Balaban J connectivity index is 1.82. The Bertz CT molecular complexity index is 1730. The number of anilines is 1. The van der Waals surface area contributed by atoms with E-state index >= 15 is 0 Å². The van der Waals surface area contributed by atoms with Crippen molar-refractivity contribution in [3.05, 3.63) is 129 Å². The van der Waals surface area contributed by atoms with E-state index in [0.717, 1.165) is 15.4 Å². The molecule has 4 aromatic carbocycles. The van der Waals surface area contributed by atoms with Gasteiger partial charge in [-0.3, -0.25) is 13.9 Å². The minimum absolute atomic E-state index is 0.0436. The number of rotatable bonds is 13. The van der Waals surface area contributed by atoms with Gasteiger partial charge in [-0.2, -0.15) is 0 Å². The lowest BCUT2D eigenvalue weighted by Gasteiger charge is -2.34. The first-order chi connectivity index (χ1) is 21.5. The van der Waals surface area contributed by atoms with Crippen molar-refractivity contribution in [2.75, 3.05) is 17.4 Å². The van der Waals surface area contributed by atoms with E-state index < -0.39 is 28.5 Å². The maximum absolute atomic E-state index is 14.5. The van der Waals surface area contributed by atoms with E-state index in [4.69, 9.17) is 23.2 Å². The van der Waals surface area contributed by atoms with E-state index in [0.29, 0.717) is 39.8 Å². The van der Waals surface area contributed by atoms with Crippen molar-refractivity contribution in [1.82, 2.24) is 10.2 Å². The summed E-state index contributed by atoms with van der Waals surface area (Å²) in [6.45, 7) is 5.44. The molecule has 1 atom stereocenters. The Hall–Kier alpha value is -3.85. The predicted octanol–water partition coefficient (Wildman–Crippen LogP) is 6.97. The van der Waals surface area contributed by atoms with E-state index in [-0.39, 0.29) is 23.8 Å². The van der Waals surface area contributed by atoms with Crippen LogP contribution in [-0.4, -0.2) is 44.3 Å². The maximum atomic E-state index is 14.5. The molecule has 0 saturated carbocycles. The number of amides is 2. The van der Waals surface area contributed by atoms with Gasteiger partial charge in [0.05, 0.1) is 10.6 Å². The van der Waals surface area contributed by atoms with E-state index in [1.165, 1.54) is 17.0 Å². The van der Waals surface area contributed by atoms with E-state index in [1.54, 1.807) is 61.5 Å². The van der Waals surface area contributed by atoms with Gasteiger partial charge in [0, 0.05) is 29.6 Å². The number of benzene rings is 4. The maximum Gasteiger partial charge on any atom is 0.264 e. The standard InChI is InChI=1S/C35H37Cl2N3O4S/c1-4-20-38-35(42)33(21-27-11-6-5-7-12-27)39(23-28-16-17-29(36)22-31(28)37)34(41)24-40(32-13-9-8-10-26(32)3)45(43,44)30-18-14-25(2)15-19-30/h5-19,22,33H,4,20-21,23-24H2,1-3H3,(H,38,42). The fraction of sp³-hybridized carbons (Fsp3) is 0.257. The number of halogens is 2. The molecule has 4 rings (SSSR count). The number of aryl methyl sites for hydroxylation is 2. The lowest BCUT2D eigenvalue weighted by atomic mass is 10.0. The Morgan fingerprint density at radius 1 is 0.867 bits per heavy atom. The number of hydrogen-bond donors (Lipinski definition) is 1. The number of sulfonamides is 1. The zero-order valence-electron chi connectivity index (χ0n) is 25.5. The highest BCUT2D eigenvalue weighted by Gasteiger charge is 2.35.